The predicted octanol–water partition coefficient (Wildman–Crippen LogP) is 1.47. The van der Waals surface area contributed by atoms with Crippen LogP contribution in [0.2, 0.25) is 0 Å². The average Bonchev–Trinajstić information content (AvgIpc) is 2.06. The Kier molecular flexibility index (Phi) is 6.05. The molecule has 0 saturated carbocycles. The van der Waals surface area contributed by atoms with Gasteiger partial charge in [-0.2, -0.15) is 26.3 Å². The minimum atomic E-state index is -5.48. The maximum Gasteiger partial charge on any atom is 0.423 e. The van der Waals surface area contributed by atoms with Crippen molar-refractivity contribution in [1.29, 1.82) is 0 Å². The van der Waals surface area contributed by atoms with Crippen molar-refractivity contribution in [2.24, 2.45) is 5.73 Å². The van der Waals surface area contributed by atoms with E-state index in [1.165, 1.54) is 0 Å². The summed E-state index contributed by atoms with van der Waals surface area (Å²) in [4.78, 5) is 0. The first-order valence-electron chi connectivity index (χ1n) is 4.22. The number of rotatable bonds is 6. The standard InChI is InChI=1S/C7H11F6NO2/c8-6(9,10)5(7(11,12)13)16-4-3-15-2-1-14/h5H,1-4,14H2. The second-order valence-corrected chi connectivity index (χ2v) is 2.74. The fraction of sp³-hybridized carbons (Fsp3) is 1.00. The second kappa shape index (κ2) is 6.26. The zero-order valence-electron chi connectivity index (χ0n) is 8.07. The fourth-order valence-electron chi connectivity index (χ4n) is 0.785. The Morgan fingerprint density at radius 2 is 1.38 bits per heavy atom. The third-order valence-corrected chi connectivity index (χ3v) is 1.37. The summed E-state index contributed by atoms with van der Waals surface area (Å²) in [6, 6.07) is 0. The molecule has 9 heteroatoms. The molecule has 0 bridgehead atoms. The minimum Gasteiger partial charge on any atom is -0.378 e. The number of alkyl halides is 6. The van der Waals surface area contributed by atoms with E-state index in [4.69, 9.17) is 5.73 Å². The van der Waals surface area contributed by atoms with Crippen molar-refractivity contribution in [1.82, 2.24) is 0 Å². The van der Waals surface area contributed by atoms with Crippen molar-refractivity contribution < 1.29 is 35.8 Å². The van der Waals surface area contributed by atoms with E-state index in [9.17, 15) is 26.3 Å². The lowest BCUT2D eigenvalue weighted by Gasteiger charge is -2.22. The Labute approximate surface area is 87.5 Å². The van der Waals surface area contributed by atoms with E-state index in [-0.39, 0.29) is 19.8 Å². The lowest BCUT2D eigenvalue weighted by Crippen LogP contribution is -2.44. The van der Waals surface area contributed by atoms with Crippen LogP contribution in [0.4, 0.5) is 26.3 Å². The van der Waals surface area contributed by atoms with Crippen LogP contribution < -0.4 is 5.73 Å². The fourth-order valence-corrected chi connectivity index (χ4v) is 0.785. The largest absolute Gasteiger partial charge is 0.423 e. The van der Waals surface area contributed by atoms with Gasteiger partial charge < -0.3 is 15.2 Å². The maximum atomic E-state index is 11.9. The van der Waals surface area contributed by atoms with Crippen LogP contribution >= 0.6 is 0 Å². The van der Waals surface area contributed by atoms with Gasteiger partial charge in [0.1, 0.15) is 0 Å². The van der Waals surface area contributed by atoms with Crippen molar-refractivity contribution in [2.75, 3.05) is 26.4 Å². The van der Waals surface area contributed by atoms with E-state index >= 15 is 0 Å². The SMILES string of the molecule is NCCOCCOC(C(F)(F)F)C(F)(F)F. The highest BCUT2D eigenvalue weighted by Gasteiger charge is 2.57. The van der Waals surface area contributed by atoms with Crippen LogP contribution in [0.25, 0.3) is 0 Å². The topological polar surface area (TPSA) is 44.5 Å². The van der Waals surface area contributed by atoms with E-state index in [1.54, 1.807) is 0 Å². The van der Waals surface area contributed by atoms with Crippen LogP contribution in [0.3, 0.4) is 0 Å². The lowest BCUT2D eigenvalue weighted by molar-refractivity contribution is -0.322. The first kappa shape index (κ1) is 15.5. The normalized spacial score (nSPS) is 13.5. The first-order chi connectivity index (χ1) is 7.19. The van der Waals surface area contributed by atoms with Gasteiger partial charge in [0.2, 0.25) is 6.10 Å². The molecule has 0 heterocycles. The van der Waals surface area contributed by atoms with Crippen LogP contribution in [-0.4, -0.2) is 44.8 Å². The van der Waals surface area contributed by atoms with Gasteiger partial charge in [0, 0.05) is 6.54 Å². The number of hydrogen-bond acceptors (Lipinski definition) is 3. The molecule has 0 aromatic carbocycles. The van der Waals surface area contributed by atoms with Crippen molar-refractivity contribution in [3.05, 3.63) is 0 Å². The summed E-state index contributed by atoms with van der Waals surface area (Å²) < 4.78 is 79.6. The van der Waals surface area contributed by atoms with Crippen LogP contribution in [0, 0.1) is 0 Å². The number of halogens is 6. The molecule has 0 aliphatic heterocycles. The highest BCUT2D eigenvalue weighted by Crippen LogP contribution is 2.35. The lowest BCUT2D eigenvalue weighted by atomic mass is 10.3. The third kappa shape index (κ3) is 6.13. The van der Waals surface area contributed by atoms with Crippen molar-refractivity contribution in [2.45, 2.75) is 18.5 Å². The van der Waals surface area contributed by atoms with Gasteiger partial charge in [0.25, 0.3) is 0 Å². The molecule has 0 amide bonds. The Morgan fingerprint density at radius 3 is 1.75 bits per heavy atom. The molecule has 0 unspecified atom stereocenters. The molecule has 16 heavy (non-hydrogen) atoms. The smallest absolute Gasteiger partial charge is 0.378 e. The van der Waals surface area contributed by atoms with E-state index in [0.717, 1.165) is 0 Å². The molecule has 0 aromatic heterocycles. The zero-order chi connectivity index (χ0) is 12.8. The molecule has 0 radical (unpaired) electrons. The Balaban J connectivity index is 4.06. The summed E-state index contributed by atoms with van der Waals surface area (Å²) in [5.41, 5.74) is 4.98. The molecular formula is C7H11F6NO2. The van der Waals surface area contributed by atoms with Crippen LogP contribution in [0.1, 0.15) is 0 Å². The predicted molar refractivity (Wildman–Crippen MR) is 41.7 cm³/mol. The van der Waals surface area contributed by atoms with Crippen molar-refractivity contribution in [3.63, 3.8) is 0 Å². The van der Waals surface area contributed by atoms with Gasteiger partial charge in [0.05, 0.1) is 19.8 Å². The molecule has 0 saturated heterocycles. The van der Waals surface area contributed by atoms with Gasteiger partial charge in [-0.25, -0.2) is 0 Å². The Hall–Kier alpha value is -0.540. The number of hydrogen-bond donors (Lipinski definition) is 1. The molecule has 98 valence electrons. The maximum absolute atomic E-state index is 11.9. The molecule has 0 aliphatic rings. The van der Waals surface area contributed by atoms with Gasteiger partial charge >= 0.3 is 12.4 Å². The molecular weight excluding hydrogens is 244 g/mol. The second-order valence-electron chi connectivity index (χ2n) is 2.74. The van der Waals surface area contributed by atoms with E-state index < -0.39 is 25.1 Å². The van der Waals surface area contributed by atoms with Gasteiger partial charge in [-0.05, 0) is 0 Å². The molecule has 0 aromatic rings. The molecule has 0 aliphatic carbocycles. The Morgan fingerprint density at radius 1 is 0.875 bits per heavy atom. The molecule has 0 fully saturated rings. The summed E-state index contributed by atoms with van der Waals surface area (Å²) in [6.45, 7) is -1.00. The van der Waals surface area contributed by atoms with Gasteiger partial charge in [-0.3, -0.25) is 0 Å². The van der Waals surface area contributed by atoms with Gasteiger partial charge in [0.15, 0.2) is 0 Å². The summed E-state index contributed by atoms with van der Waals surface area (Å²) >= 11 is 0. The minimum absolute atomic E-state index is 0.0477. The highest BCUT2D eigenvalue weighted by molar-refractivity contribution is 4.75. The van der Waals surface area contributed by atoms with Gasteiger partial charge in [-0.1, -0.05) is 0 Å². The Bertz CT molecular complexity index is 178. The summed E-state index contributed by atoms with van der Waals surface area (Å²) in [5.74, 6) is 0. The summed E-state index contributed by atoms with van der Waals surface area (Å²) in [7, 11) is 0. The summed E-state index contributed by atoms with van der Waals surface area (Å²) in [5, 5.41) is 0. The number of nitrogens with two attached hydrogens (primary N) is 1. The molecule has 0 spiro atoms. The third-order valence-electron chi connectivity index (χ3n) is 1.37. The highest BCUT2D eigenvalue weighted by atomic mass is 19.4. The van der Waals surface area contributed by atoms with Crippen LogP contribution in [0.5, 0.6) is 0 Å². The molecule has 2 N–H and O–H groups in total. The first-order valence-corrected chi connectivity index (χ1v) is 4.22. The van der Waals surface area contributed by atoms with Crippen molar-refractivity contribution in [3.8, 4) is 0 Å². The zero-order valence-corrected chi connectivity index (χ0v) is 8.07. The van der Waals surface area contributed by atoms with E-state index in [2.05, 4.69) is 9.47 Å². The molecule has 3 nitrogen and oxygen atoms in total. The molecule has 0 atom stereocenters. The van der Waals surface area contributed by atoms with Crippen molar-refractivity contribution >= 4 is 0 Å². The summed E-state index contributed by atoms with van der Waals surface area (Å²) in [6.07, 6.45) is -14.7. The quantitative estimate of drug-likeness (QED) is 0.577. The van der Waals surface area contributed by atoms with Crippen LogP contribution in [-0.2, 0) is 9.47 Å². The molecule has 0 rings (SSSR count). The van der Waals surface area contributed by atoms with E-state index in [1.807, 2.05) is 0 Å². The monoisotopic (exact) mass is 255 g/mol. The van der Waals surface area contributed by atoms with Gasteiger partial charge in [-0.15, -0.1) is 0 Å². The average molecular weight is 255 g/mol. The van der Waals surface area contributed by atoms with E-state index in [0.29, 0.717) is 0 Å². The number of ether oxygens (including phenoxy) is 2. The van der Waals surface area contributed by atoms with Crippen LogP contribution in [0.15, 0.2) is 0 Å².